The van der Waals surface area contributed by atoms with Crippen LogP contribution in [-0.2, 0) is 0 Å². The lowest BCUT2D eigenvalue weighted by Crippen LogP contribution is -2.62. The largest absolute Gasteiger partial charge is 0.313 e. The van der Waals surface area contributed by atoms with Crippen LogP contribution in [0.4, 0.5) is 0 Å². The Balaban J connectivity index is 1.05. The zero-order valence-electron chi connectivity index (χ0n) is 25.4. The first-order valence-electron chi connectivity index (χ1n) is 20.1. The van der Waals surface area contributed by atoms with Gasteiger partial charge in [-0.1, -0.05) is 0 Å². The van der Waals surface area contributed by atoms with Gasteiger partial charge in [-0.05, 0) is 238 Å². The molecule has 0 aromatic carbocycles. The van der Waals surface area contributed by atoms with E-state index in [2.05, 4.69) is 5.32 Å². The van der Waals surface area contributed by atoms with E-state index in [-0.39, 0.29) is 0 Å². The molecule has 13 saturated carbocycles. The number of fused-ring (bicyclic) bond motifs is 3. The fourth-order valence-electron chi connectivity index (χ4n) is 22.0. The minimum atomic E-state index is 0.941. The van der Waals surface area contributed by atoms with E-state index >= 15 is 0 Å². The van der Waals surface area contributed by atoms with Crippen molar-refractivity contribution in [1.82, 2.24) is 5.32 Å². The molecule has 13 aliphatic carbocycles. The molecule has 14 aliphatic rings. The SMILES string of the molecule is C1CC2C3CCC4C5CCC6C7CCC8C9CCC%10C1C1C2C2C3[C@@H]4C[C@@H]5[C@@H]6CN[C@@H]7[C@@H]8C3C9C%10C1C1[C@@H]2CC[C@H]13. The van der Waals surface area contributed by atoms with Gasteiger partial charge in [0.25, 0.3) is 0 Å². The Morgan fingerprint density at radius 3 is 1.29 bits per heavy atom. The molecule has 0 aromatic heterocycles. The van der Waals surface area contributed by atoms with Crippen LogP contribution in [0.15, 0.2) is 0 Å². The van der Waals surface area contributed by atoms with Crippen molar-refractivity contribution in [3.63, 3.8) is 0 Å². The molecule has 15 bridgehead atoms. The van der Waals surface area contributed by atoms with E-state index in [1.54, 1.807) is 83.5 Å². The van der Waals surface area contributed by atoms with Crippen molar-refractivity contribution in [2.75, 3.05) is 6.54 Å². The highest BCUT2D eigenvalue weighted by atomic mass is 15.0. The van der Waals surface area contributed by atoms with Gasteiger partial charge in [0.2, 0.25) is 0 Å². The van der Waals surface area contributed by atoms with E-state index in [0.29, 0.717) is 0 Å². The Morgan fingerprint density at radius 2 is 0.634 bits per heavy atom. The molecule has 0 radical (unpaired) electrons. The first kappa shape index (κ1) is 22.5. The summed E-state index contributed by atoms with van der Waals surface area (Å²) in [6, 6.07) is 0.941. The van der Waals surface area contributed by atoms with Gasteiger partial charge >= 0.3 is 0 Å². The average Bonchev–Trinajstić information content (AvgIpc) is 3.79. The molecule has 1 heterocycles. The Morgan fingerprint density at radius 1 is 0.244 bits per heavy atom. The molecule has 1 saturated heterocycles. The van der Waals surface area contributed by atoms with Gasteiger partial charge in [-0.25, -0.2) is 0 Å². The lowest BCUT2D eigenvalue weighted by atomic mass is 9.45. The summed E-state index contributed by atoms with van der Waals surface area (Å²) in [5.41, 5.74) is 0. The first-order chi connectivity index (χ1) is 20.4. The summed E-state index contributed by atoms with van der Waals surface area (Å²) in [6.45, 7) is 1.45. The third-order valence-electron chi connectivity index (χ3n) is 21.4. The lowest BCUT2D eigenvalue weighted by molar-refractivity contribution is -0.124. The van der Waals surface area contributed by atoms with Crippen molar-refractivity contribution >= 4 is 0 Å². The maximum atomic E-state index is 4.60. The van der Waals surface area contributed by atoms with Gasteiger partial charge in [-0.3, -0.25) is 0 Å². The van der Waals surface area contributed by atoms with E-state index < -0.39 is 0 Å². The summed E-state index contributed by atoms with van der Waals surface area (Å²) in [7, 11) is 0. The normalized spacial score (nSPS) is 77.3. The van der Waals surface area contributed by atoms with Crippen LogP contribution in [0.2, 0.25) is 0 Å². The Kier molecular flexibility index (Phi) is 3.85. The molecular weight excluding hydrogens is 494 g/mol. The molecule has 26 atom stereocenters. The van der Waals surface area contributed by atoms with Crippen molar-refractivity contribution in [1.29, 1.82) is 0 Å². The minimum absolute atomic E-state index is 0.941. The lowest BCUT2D eigenvalue weighted by Gasteiger charge is -2.60. The standard InChI is InChI=1S/C40H55N/c1-2-17-24-10-9-23-22-8-7-21-20-6-5-19-18-4-3-16-15(1)27-13-28(16)30(18)36-25-11-12-26-31(25)39(34(20)32(19)36)35(21)33(22)37(26)38(23)40(24)41-14-29(17)27/h15-41H,1-14H2/t15?,16?,17?,18?,19?,20?,21?,22?,23?,24?,25-,26+,27-,28+,29+,30?,31?,32?,33?,34?,35?,36?,37?,38-,39?,40-/m0/s1. The predicted molar refractivity (Wildman–Crippen MR) is 159 cm³/mol. The predicted octanol–water partition coefficient (Wildman–Crippen LogP) is 7.61. The minimum Gasteiger partial charge on any atom is -0.313 e. The first-order valence-corrected chi connectivity index (χ1v) is 20.1. The highest BCUT2D eigenvalue weighted by Crippen LogP contribution is 2.83. The Labute approximate surface area is 248 Å². The molecular formula is C40H55N. The number of nitrogens with one attached hydrogen (secondary N) is 1. The van der Waals surface area contributed by atoms with Crippen molar-refractivity contribution in [3.8, 4) is 0 Å². The smallest absolute Gasteiger partial charge is 0.0132 e. The fourth-order valence-corrected chi connectivity index (χ4v) is 22.0. The average molecular weight is 550 g/mol. The van der Waals surface area contributed by atoms with Crippen molar-refractivity contribution in [2.45, 2.75) is 89.5 Å². The third kappa shape index (κ3) is 2.17. The summed E-state index contributed by atoms with van der Waals surface area (Å²) >= 11 is 0. The number of rotatable bonds is 0. The molecule has 1 aliphatic heterocycles. The fraction of sp³-hybridized carbons (Fsp3) is 1.00. The second kappa shape index (κ2) is 7.02. The molecule has 19 unspecified atom stereocenters. The summed E-state index contributed by atoms with van der Waals surface area (Å²) < 4.78 is 0. The summed E-state index contributed by atoms with van der Waals surface area (Å²) in [6.07, 6.45) is 21.9. The van der Waals surface area contributed by atoms with Crippen LogP contribution in [0.3, 0.4) is 0 Å². The second-order valence-electron chi connectivity index (χ2n) is 20.4. The molecule has 0 aromatic rings. The van der Waals surface area contributed by atoms with Gasteiger partial charge in [0, 0.05) is 6.04 Å². The van der Waals surface area contributed by atoms with Gasteiger partial charge in [0.05, 0.1) is 0 Å². The third-order valence-corrected chi connectivity index (χ3v) is 21.4. The summed E-state index contributed by atoms with van der Waals surface area (Å²) in [4.78, 5) is 0. The van der Waals surface area contributed by atoms with E-state index in [4.69, 9.17) is 0 Å². The van der Waals surface area contributed by atoms with Gasteiger partial charge in [0.15, 0.2) is 0 Å². The maximum absolute atomic E-state index is 4.60. The van der Waals surface area contributed by atoms with Gasteiger partial charge in [-0.15, -0.1) is 0 Å². The quantitative estimate of drug-likeness (QED) is 0.328. The van der Waals surface area contributed by atoms with Crippen LogP contribution in [-0.4, -0.2) is 12.6 Å². The van der Waals surface area contributed by atoms with Crippen molar-refractivity contribution in [3.05, 3.63) is 0 Å². The van der Waals surface area contributed by atoms with Crippen molar-refractivity contribution < 1.29 is 0 Å². The molecule has 14 rings (SSSR count). The van der Waals surface area contributed by atoms with Gasteiger partial charge < -0.3 is 5.32 Å². The number of hydrogen-bond donors (Lipinski definition) is 1. The van der Waals surface area contributed by atoms with Crippen molar-refractivity contribution in [2.24, 2.45) is 148 Å². The van der Waals surface area contributed by atoms with E-state index in [0.717, 1.165) is 59.3 Å². The Hall–Kier alpha value is -0.0400. The maximum Gasteiger partial charge on any atom is 0.0132 e. The van der Waals surface area contributed by atoms with Gasteiger partial charge in [-0.2, -0.15) is 0 Å². The van der Waals surface area contributed by atoms with E-state index in [9.17, 15) is 0 Å². The number of piperidine rings is 1. The Bertz CT molecular complexity index is 1200. The summed E-state index contributed by atoms with van der Waals surface area (Å²) in [5.74, 6) is 29.3. The van der Waals surface area contributed by atoms with Crippen LogP contribution in [0, 0.1) is 148 Å². The molecule has 1 N–H and O–H groups in total. The molecule has 0 spiro atoms. The van der Waals surface area contributed by atoms with Crippen LogP contribution in [0.25, 0.3) is 0 Å². The highest BCUT2D eigenvalue weighted by molar-refractivity contribution is 5.27. The van der Waals surface area contributed by atoms with Crippen LogP contribution >= 0.6 is 0 Å². The van der Waals surface area contributed by atoms with Crippen LogP contribution in [0.5, 0.6) is 0 Å². The van der Waals surface area contributed by atoms with Gasteiger partial charge in [0.1, 0.15) is 0 Å². The summed E-state index contributed by atoms with van der Waals surface area (Å²) in [5, 5.41) is 4.60. The molecule has 0 amide bonds. The van der Waals surface area contributed by atoms with Crippen LogP contribution in [0.1, 0.15) is 83.5 Å². The molecule has 41 heavy (non-hydrogen) atoms. The monoisotopic (exact) mass is 549 g/mol. The highest BCUT2D eigenvalue weighted by Gasteiger charge is 2.79. The number of hydrogen-bond acceptors (Lipinski definition) is 1. The van der Waals surface area contributed by atoms with Crippen LogP contribution < -0.4 is 5.32 Å². The topological polar surface area (TPSA) is 12.0 Å². The van der Waals surface area contributed by atoms with E-state index in [1.165, 1.54) is 101 Å². The van der Waals surface area contributed by atoms with E-state index in [1.807, 2.05) is 0 Å². The second-order valence-corrected chi connectivity index (χ2v) is 20.4. The molecule has 220 valence electrons. The molecule has 1 heteroatoms. The molecule has 14 fully saturated rings. The molecule has 1 nitrogen and oxygen atoms in total. The zero-order chi connectivity index (χ0) is 25.6. The zero-order valence-corrected chi connectivity index (χ0v) is 25.4.